The van der Waals surface area contributed by atoms with E-state index in [-0.39, 0.29) is 13.0 Å². The van der Waals surface area contributed by atoms with Crippen LogP contribution in [0.25, 0.3) is 0 Å². The Kier molecular flexibility index (Phi) is 8.54. The maximum Gasteiger partial charge on any atom is 0.401 e. The van der Waals surface area contributed by atoms with Crippen molar-refractivity contribution in [3.05, 3.63) is 0 Å². The zero-order valence-electron chi connectivity index (χ0n) is 11.9. The number of rotatable bonds is 9. The van der Waals surface area contributed by atoms with Crippen LogP contribution in [-0.2, 0) is 0 Å². The average molecular weight is 307 g/mol. The SMILES string of the molecule is CCCCCCC(NCCC)C(C(F)(F)F)C(F)(F)F. The summed E-state index contributed by atoms with van der Waals surface area (Å²) in [5.74, 6) is -3.29. The largest absolute Gasteiger partial charge is 0.401 e. The predicted molar refractivity (Wildman–Crippen MR) is 66.4 cm³/mol. The van der Waals surface area contributed by atoms with E-state index in [1.54, 1.807) is 6.92 Å². The molecule has 0 fully saturated rings. The molecule has 0 aliphatic carbocycles. The van der Waals surface area contributed by atoms with Crippen molar-refractivity contribution in [1.29, 1.82) is 0 Å². The van der Waals surface area contributed by atoms with Crippen molar-refractivity contribution in [2.75, 3.05) is 6.54 Å². The fourth-order valence-electron chi connectivity index (χ4n) is 2.15. The summed E-state index contributed by atoms with van der Waals surface area (Å²) >= 11 is 0. The van der Waals surface area contributed by atoms with Gasteiger partial charge < -0.3 is 5.32 Å². The molecule has 0 aromatic heterocycles. The molecule has 0 aliphatic heterocycles. The van der Waals surface area contributed by atoms with Gasteiger partial charge in [-0.25, -0.2) is 0 Å². The molecular weight excluding hydrogens is 284 g/mol. The number of alkyl halides is 6. The van der Waals surface area contributed by atoms with Crippen molar-refractivity contribution in [2.24, 2.45) is 5.92 Å². The molecule has 0 radical (unpaired) electrons. The Morgan fingerprint density at radius 2 is 1.35 bits per heavy atom. The van der Waals surface area contributed by atoms with Gasteiger partial charge in [0.05, 0.1) is 0 Å². The van der Waals surface area contributed by atoms with E-state index >= 15 is 0 Å². The highest BCUT2D eigenvalue weighted by Gasteiger charge is 2.59. The van der Waals surface area contributed by atoms with Gasteiger partial charge in [0.15, 0.2) is 5.92 Å². The lowest BCUT2D eigenvalue weighted by Crippen LogP contribution is -2.51. The molecule has 7 heteroatoms. The van der Waals surface area contributed by atoms with Crippen molar-refractivity contribution in [2.45, 2.75) is 70.8 Å². The lowest BCUT2D eigenvalue weighted by Gasteiger charge is -2.31. The van der Waals surface area contributed by atoms with Gasteiger partial charge >= 0.3 is 12.4 Å². The summed E-state index contributed by atoms with van der Waals surface area (Å²) in [4.78, 5) is 0. The predicted octanol–water partition coefficient (Wildman–Crippen LogP) is 5.07. The van der Waals surface area contributed by atoms with Gasteiger partial charge in [-0.1, -0.05) is 39.5 Å². The second kappa shape index (κ2) is 8.74. The average Bonchev–Trinajstić information content (AvgIpc) is 2.27. The molecule has 20 heavy (non-hydrogen) atoms. The van der Waals surface area contributed by atoms with Crippen molar-refractivity contribution >= 4 is 0 Å². The standard InChI is InChI=1S/C13H23F6N/c1-3-5-6-7-8-10(20-9-4-2)11(12(14,15)16)13(17,18)19/h10-11,20H,3-9H2,1-2H3. The van der Waals surface area contributed by atoms with Gasteiger partial charge in [-0.2, -0.15) is 26.3 Å². The molecule has 0 saturated heterocycles. The van der Waals surface area contributed by atoms with Crippen LogP contribution in [0.5, 0.6) is 0 Å². The van der Waals surface area contributed by atoms with E-state index in [1.807, 2.05) is 6.92 Å². The van der Waals surface area contributed by atoms with Gasteiger partial charge in [0.25, 0.3) is 0 Å². The Hall–Kier alpha value is -0.460. The highest BCUT2D eigenvalue weighted by Crippen LogP contribution is 2.42. The molecule has 0 amide bonds. The lowest BCUT2D eigenvalue weighted by molar-refractivity contribution is -0.292. The van der Waals surface area contributed by atoms with Crippen molar-refractivity contribution in [3.8, 4) is 0 Å². The third-order valence-corrected chi connectivity index (χ3v) is 3.13. The molecule has 0 aromatic carbocycles. The Bertz CT molecular complexity index is 234. The summed E-state index contributed by atoms with van der Waals surface area (Å²) in [5, 5.41) is 2.42. The highest BCUT2D eigenvalue weighted by atomic mass is 19.4. The third-order valence-electron chi connectivity index (χ3n) is 3.13. The molecule has 122 valence electrons. The lowest BCUT2D eigenvalue weighted by atomic mass is 9.93. The van der Waals surface area contributed by atoms with E-state index in [0.29, 0.717) is 19.3 Å². The quantitative estimate of drug-likeness (QED) is 0.463. The molecule has 0 spiro atoms. The minimum Gasteiger partial charge on any atom is -0.313 e. The Balaban J connectivity index is 4.83. The van der Waals surface area contributed by atoms with Crippen LogP contribution in [0.15, 0.2) is 0 Å². The molecule has 0 saturated carbocycles. The van der Waals surface area contributed by atoms with Crippen LogP contribution < -0.4 is 5.32 Å². The molecule has 1 atom stereocenters. The summed E-state index contributed by atoms with van der Waals surface area (Å²) < 4.78 is 76.3. The smallest absolute Gasteiger partial charge is 0.313 e. The number of hydrogen-bond acceptors (Lipinski definition) is 1. The van der Waals surface area contributed by atoms with Crippen molar-refractivity contribution in [1.82, 2.24) is 5.32 Å². The molecule has 1 nitrogen and oxygen atoms in total. The van der Waals surface area contributed by atoms with Crippen LogP contribution in [0.2, 0.25) is 0 Å². The molecule has 0 bridgehead atoms. The van der Waals surface area contributed by atoms with E-state index in [9.17, 15) is 26.3 Å². The summed E-state index contributed by atoms with van der Waals surface area (Å²) in [6, 6.07) is -1.59. The van der Waals surface area contributed by atoms with Gasteiger partial charge in [0.1, 0.15) is 0 Å². The van der Waals surface area contributed by atoms with Crippen LogP contribution in [-0.4, -0.2) is 24.9 Å². The first-order chi connectivity index (χ1) is 9.14. The minimum atomic E-state index is -5.27. The first kappa shape index (κ1) is 19.5. The van der Waals surface area contributed by atoms with Gasteiger partial charge in [0.2, 0.25) is 0 Å². The highest BCUT2D eigenvalue weighted by molar-refractivity contribution is 4.87. The van der Waals surface area contributed by atoms with Crippen LogP contribution in [0, 0.1) is 5.92 Å². The van der Waals surface area contributed by atoms with Crippen LogP contribution in [0.1, 0.15) is 52.4 Å². The van der Waals surface area contributed by atoms with Crippen LogP contribution in [0.4, 0.5) is 26.3 Å². The zero-order valence-corrected chi connectivity index (χ0v) is 11.9. The summed E-state index contributed by atoms with van der Waals surface area (Å²) in [6.45, 7) is 3.79. The second-order valence-electron chi connectivity index (χ2n) is 4.97. The zero-order chi connectivity index (χ0) is 15.8. The van der Waals surface area contributed by atoms with Crippen molar-refractivity contribution in [3.63, 3.8) is 0 Å². The molecule has 1 N–H and O–H groups in total. The third kappa shape index (κ3) is 7.36. The van der Waals surface area contributed by atoms with Gasteiger partial charge in [0, 0.05) is 6.04 Å². The number of hydrogen-bond donors (Lipinski definition) is 1. The second-order valence-corrected chi connectivity index (χ2v) is 4.97. The first-order valence-corrected chi connectivity index (χ1v) is 7.01. The molecule has 0 heterocycles. The van der Waals surface area contributed by atoms with Gasteiger partial charge in [-0.3, -0.25) is 0 Å². The minimum absolute atomic E-state index is 0.107. The van der Waals surface area contributed by atoms with Crippen LogP contribution in [0.3, 0.4) is 0 Å². The first-order valence-electron chi connectivity index (χ1n) is 7.01. The molecular formula is C13H23F6N. The Morgan fingerprint density at radius 1 is 0.800 bits per heavy atom. The molecule has 0 rings (SSSR count). The topological polar surface area (TPSA) is 12.0 Å². The Labute approximate surface area is 116 Å². The number of halogens is 6. The van der Waals surface area contributed by atoms with Crippen LogP contribution >= 0.6 is 0 Å². The van der Waals surface area contributed by atoms with E-state index in [1.165, 1.54) is 0 Å². The monoisotopic (exact) mass is 307 g/mol. The fourth-order valence-corrected chi connectivity index (χ4v) is 2.15. The van der Waals surface area contributed by atoms with E-state index < -0.39 is 24.3 Å². The van der Waals surface area contributed by atoms with E-state index in [0.717, 1.165) is 12.8 Å². The van der Waals surface area contributed by atoms with Crippen molar-refractivity contribution < 1.29 is 26.3 Å². The van der Waals surface area contributed by atoms with E-state index in [4.69, 9.17) is 0 Å². The molecule has 0 aliphatic rings. The number of unbranched alkanes of at least 4 members (excludes halogenated alkanes) is 3. The van der Waals surface area contributed by atoms with Gasteiger partial charge in [-0.05, 0) is 19.4 Å². The maximum atomic E-state index is 12.7. The van der Waals surface area contributed by atoms with Gasteiger partial charge in [-0.15, -0.1) is 0 Å². The molecule has 0 aromatic rings. The maximum absolute atomic E-state index is 12.7. The Morgan fingerprint density at radius 3 is 1.75 bits per heavy atom. The van der Waals surface area contributed by atoms with E-state index in [2.05, 4.69) is 5.32 Å². The summed E-state index contributed by atoms with van der Waals surface area (Å²) in [5.41, 5.74) is 0. The normalized spacial score (nSPS) is 14.8. The molecule has 1 unspecified atom stereocenters. The summed E-state index contributed by atoms with van der Waals surface area (Å²) in [7, 11) is 0. The fraction of sp³-hybridized carbons (Fsp3) is 1.00. The number of nitrogens with one attached hydrogen (secondary N) is 1. The summed E-state index contributed by atoms with van der Waals surface area (Å²) in [6.07, 6.45) is -7.42.